The lowest BCUT2D eigenvalue weighted by Crippen LogP contribution is -2.26. The van der Waals surface area contributed by atoms with E-state index in [1.807, 2.05) is 26.1 Å². The van der Waals surface area contributed by atoms with Crippen molar-refractivity contribution in [2.45, 2.75) is 26.8 Å². The Morgan fingerprint density at radius 2 is 1.89 bits per heavy atom. The highest BCUT2D eigenvalue weighted by Gasteiger charge is 2.17. The van der Waals surface area contributed by atoms with Crippen molar-refractivity contribution in [3.05, 3.63) is 59.4 Å². The minimum absolute atomic E-state index is 0.243. The topological polar surface area (TPSA) is 42.4 Å². The van der Waals surface area contributed by atoms with Gasteiger partial charge in [-0.15, -0.1) is 0 Å². The summed E-state index contributed by atoms with van der Waals surface area (Å²) in [5, 5.41) is 0.851. The Morgan fingerprint density at radius 1 is 1.15 bits per heavy atom. The number of anilines is 1. The van der Waals surface area contributed by atoms with E-state index in [9.17, 15) is 9.18 Å². The Morgan fingerprint density at radius 3 is 2.52 bits per heavy atom. The third-order valence-electron chi connectivity index (χ3n) is 4.81. The van der Waals surface area contributed by atoms with Crippen LogP contribution in [-0.2, 0) is 4.74 Å². The second-order valence-corrected chi connectivity index (χ2v) is 6.92. The molecule has 0 aliphatic heterocycles. The molecule has 0 fully saturated rings. The van der Waals surface area contributed by atoms with Crippen LogP contribution in [0.5, 0.6) is 0 Å². The van der Waals surface area contributed by atoms with Crippen LogP contribution < -0.4 is 4.90 Å². The largest absolute Gasteiger partial charge is 0.465 e. The van der Waals surface area contributed by atoms with Gasteiger partial charge < -0.3 is 9.64 Å². The summed E-state index contributed by atoms with van der Waals surface area (Å²) in [6.45, 7) is 6.07. The monoisotopic (exact) mass is 366 g/mol. The van der Waals surface area contributed by atoms with Gasteiger partial charge in [0.1, 0.15) is 5.82 Å². The summed E-state index contributed by atoms with van der Waals surface area (Å²) in [7, 11) is 3.36. The predicted octanol–water partition coefficient (Wildman–Crippen LogP) is 4.98. The van der Waals surface area contributed by atoms with Crippen molar-refractivity contribution < 1.29 is 13.9 Å². The van der Waals surface area contributed by atoms with E-state index >= 15 is 0 Å². The Kier molecular flexibility index (Phi) is 5.13. The van der Waals surface area contributed by atoms with E-state index < -0.39 is 0 Å². The smallest absolute Gasteiger partial charge is 0.337 e. The van der Waals surface area contributed by atoms with Gasteiger partial charge in [0.05, 0.1) is 29.6 Å². The van der Waals surface area contributed by atoms with E-state index in [1.54, 1.807) is 18.2 Å². The summed E-state index contributed by atoms with van der Waals surface area (Å²) in [5.74, 6) is -0.646. The summed E-state index contributed by atoms with van der Waals surface area (Å²) in [6.07, 6.45) is 0. The van der Waals surface area contributed by atoms with Gasteiger partial charge >= 0.3 is 5.97 Å². The summed E-state index contributed by atoms with van der Waals surface area (Å²) in [6, 6.07) is 12.3. The van der Waals surface area contributed by atoms with Gasteiger partial charge in [-0.3, -0.25) is 0 Å². The molecule has 0 saturated heterocycles. The van der Waals surface area contributed by atoms with E-state index in [4.69, 9.17) is 9.72 Å². The van der Waals surface area contributed by atoms with Crippen LogP contribution in [0.1, 0.15) is 29.8 Å². The second kappa shape index (κ2) is 7.35. The number of pyridine rings is 1. The first-order chi connectivity index (χ1) is 12.8. The van der Waals surface area contributed by atoms with Crippen LogP contribution in [0.2, 0.25) is 0 Å². The Bertz CT molecular complexity index is 1010. The molecular formula is C22H23FN2O2. The molecule has 0 bridgehead atoms. The van der Waals surface area contributed by atoms with Crippen LogP contribution in [0.4, 0.5) is 10.1 Å². The van der Waals surface area contributed by atoms with Gasteiger partial charge in [-0.25, -0.2) is 14.2 Å². The highest BCUT2D eigenvalue weighted by atomic mass is 19.1. The number of fused-ring (bicyclic) bond motifs is 1. The van der Waals surface area contributed by atoms with Crippen molar-refractivity contribution in [2.75, 3.05) is 19.1 Å². The fourth-order valence-corrected chi connectivity index (χ4v) is 3.05. The summed E-state index contributed by atoms with van der Waals surface area (Å²) < 4.78 is 18.4. The number of rotatable bonds is 4. The lowest BCUT2D eigenvalue weighted by Gasteiger charge is -2.27. The van der Waals surface area contributed by atoms with E-state index in [1.165, 1.54) is 19.2 Å². The predicted molar refractivity (Wildman–Crippen MR) is 107 cm³/mol. The lowest BCUT2D eigenvalue weighted by atomic mass is 10.0. The summed E-state index contributed by atoms with van der Waals surface area (Å²) in [4.78, 5) is 18.8. The van der Waals surface area contributed by atoms with Gasteiger partial charge in [-0.1, -0.05) is 0 Å². The number of benzene rings is 2. The van der Waals surface area contributed by atoms with Gasteiger partial charge in [0.2, 0.25) is 0 Å². The van der Waals surface area contributed by atoms with Crippen molar-refractivity contribution >= 4 is 22.6 Å². The number of methoxy groups -OCH3 is 1. The zero-order chi connectivity index (χ0) is 19.7. The molecule has 140 valence electrons. The van der Waals surface area contributed by atoms with E-state index in [0.717, 1.165) is 33.4 Å². The van der Waals surface area contributed by atoms with Crippen LogP contribution >= 0.6 is 0 Å². The van der Waals surface area contributed by atoms with Gasteiger partial charge in [0.15, 0.2) is 0 Å². The first kappa shape index (κ1) is 18.8. The van der Waals surface area contributed by atoms with Crippen molar-refractivity contribution in [3.8, 4) is 11.3 Å². The molecule has 3 rings (SSSR count). The van der Waals surface area contributed by atoms with Crippen LogP contribution in [-0.4, -0.2) is 31.2 Å². The number of halogens is 1. The maximum Gasteiger partial charge on any atom is 0.337 e. The Labute approximate surface area is 158 Å². The van der Waals surface area contributed by atoms with Gasteiger partial charge in [-0.05, 0) is 68.8 Å². The molecule has 2 aromatic carbocycles. The number of hydrogen-bond donors (Lipinski definition) is 0. The fourth-order valence-electron chi connectivity index (χ4n) is 3.05. The molecule has 1 aromatic heterocycles. The minimum Gasteiger partial charge on any atom is -0.465 e. The summed E-state index contributed by atoms with van der Waals surface area (Å²) >= 11 is 0. The molecule has 0 aliphatic rings. The molecule has 0 saturated carbocycles. The molecule has 0 unspecified atom stereocenters. The third kappa shape index (κ3) is 3.63. The third-order valence-corrected chi connectivity index (χ3v) is 4.81. The molecule has 4 nitrogen and oxygen atoms in total. The molecule has 0 spiro atoms. The number of carbonyl (C=O) groups is 1. The fraction of sp³-hybridized carbons (Fsp3) is 0.273. The average Bonchev–Trinajstić information content (AvgIpc) is 2.65. The van der Waals surface area contributed by atoms with Gasteiger partial charge in [-0.2, -0.15) is 0 Å². The van der Waals surface area contributed by atoms with Crippen molar-refractivity contribution in [1.29, 1.82) is 0 Å². The van der Waals surface area contributed by atoms with Gasteiger partial charge in [0, 0.05) is 24.0 Å². The molecule has 0 aliphatic carbocycles. The zero-order valence-corrected chi connectivity index (χ0v) is 16.2. The summed E-state index contributed by atoms with van der Waals surface area (Å²) in [5.41, 5.74) is 4.68. The molecule has 0 amide bonds. The number of aromatic nitrogens is 1. The van der Waals surface area contributed by atoms with Crippen LogP contribution in [0.3, 0.4) is 0 Å². The second-order valence-electron chi connectivity index (χ2n) is 6.92. The Balaban J connectivity index is 2.27. The van der Waals surface area contributed by atoms with Crippen molar-refractivity contribution in [2.24, 2.45) is 0 Å². The number of carbonyl (C=O) groups excluding carboxylic acids is 1. The molecule has 1 heterocycles. The molecule has 0 atom stereocenters. The normalized spacial score (nSPS) is 11.1. The van der Waals surface area contributed by atoms with E-state index in [0.29, 0.717) is 5.56 Å². The van der Waals surface area contributed by atoms with Crippen molar-refractivity contribution in [1.82, 2.24) is 4.98 Å². The number of hydrogen-bond acceptors (Lipinski definition) is 4. The number of esters is 1. The van der Waals surface area contributed by atoms with Crippen LogP contribution in [0.25, 0.3) is 22.2 Å². The quantitative estimate of drug-likeness (QED) is 0.611. The Hall–Kier alpha value is -2.95. The average molecular weight is 366 g/mol. The molecule has 0 radical (unpaired) electrons. The maximum absolute atomic E-state index is 13.6. The molecular weight excluding hydrogens is 343 g/mol. The minimum atomic E-state index is -0.380. The first-order valence-corrected chi connectivity index (χ1v) is 8.84. The first-order valence-electron chi connectivity index (χ1n) is 8.84. The molecule has 27 heavy (non-hydrogen) atoms. The number of aryl methyl sites for hydroxylation is 1. The van der Waals surface area contributed by atoms with Gasteiger partial charge in [0.25, 0.3) is 0 Å². The molecule has 3 aromatic rings. The number of nitrogens with zero attached hydrogens (tertiary/aromatic N) is 2. The zero-order valence-electron chi connectivity index (χ0n) is 16.2. The van der Waals surface area contributed by atoms with Crippen molar-refractivity contribution in [3.63, 3.8) is 0 Å². The van der Waals surface area contributed by atoms with E-state index in [2.05, 4.69) is 18.7 Å². The number of ether oxygens (including phenoxy) is 1. The van der Waals surface area contributed by atoms with Crippen LogP contribution in [0.15, 0.2) is 42.5 Å². The highest BCUT2D eigenvalue weighted by molar-refractivity contribution is 5.97. The standard InChI is InChI=1S/C22H23FN2O2/c1-13(2)25(4)20-12-16-11-15(22(26)27-5)6-9-19(16)24-21(20)18-8-7-17(23)10-14(18)3/h6-13H,1-5H3. The van der Waals surface area contributed by atoms with E-state index in [-0.39, 0.29) is 17.8 Å². The lowest BCUT2D eigenvalue weighted by molar-refractivity contribution is 0.0601. The maximum atomic E-state index is 13.6. The van der Waals surface area contributed by atoms with Crippen LogP contribution in [0, 0.1) is 12.7 Å². The molecule has 0 N–H and O–H groups in total. The molecule has 5 heteroatoms. The highest BCUT2D eigenvalue weighted by Crippen LogP contribution is 2.35. The SMILES string of the molecule is COC(=O)c1ccc2nc(-c3ccc(F)cc3C)c(N(C)C(C)C)cc2c1.